The minimum Gasteiger partial charge on any atom is -0.493 e. The molecule has 2 N–H and O–H groups in total. The summed E-state index contributed by atoms with van der Waals surface area (Å²) in [7, 11) is 4.24. The highest BCUT2D eigenvalue weighted by molar-refractivity contribution is 5.99. The van der Waals surface area contributed by atoms with Crippen LogP contribution in [0.25, 0.3) is 0 Å². The molecule has 34 heavy (non-hydrogen) atoms. The number of hydrogen-bond acceptors (Lipinski definition) is 8. The summed E-state index contributed by atoms with van der Waals surface area (Å²) >= 11 is 0. The number of nitrogens with one attached hydrogen (secondary N) is 2. The summed E-state index contributed by atoms with van der Waals surface area (Å²) < 4.78 is 57.4. The molecule has 2 aromatic rings. The van der Waals surface area contributed by atoms with Crippen LogP contribution in [0.3, 0.4) is 0 Å². The third-order valence-corrected chi connectivity index (χ3v) is 4.18. The summed E-state index contributed by atoms with van der Waals surface area (Å²) in [4.78, 5) is 35.6. The quantitative estimate of drug-likeness (QED) is 0.391. The molecule has 1 amide bonds. The summed E-state index contributed by atoms with van der Waals surface area (Å²) in [5.74, 6) is -2.74. The molecule has 9 nitrogen and oxygen atoms in total. The lowest BCUT2D eigenvalue weighted by atomic mass is 10.2. The molecule has 0 aliphatic rings. The van der Waals surface area contributed by atoms with E-state index in [-0.39, 0.29) is 23.0 Å². The number of ether oxygens (including phenoxy) is 4. The Hall–Kier alpha value is -4.22. The molecule has 2 aromatic carbocycles. The Morgan fingerprint density at radius 3 is 2.15 bits per heavy atom. The van der Waals surface area contributed by atoms with Crippen LogP contribution in [0.2, 0.25) is 0 Å². The zero-order valence-electron chi connectivity index (χ0n) is 18.3. The maximum Gasteiger partial charge on any atom is 0.454 e. The summed E-state index contributed by atoms with van der Waals surface area (Å²) in [6.07, 6.45) is -3.98. The zero-order chi connectivity index (χ0) is 25.3. The van der Waals surface area contributed by atoms with E-state index in [0.717, 1.165) is 6.20 Å². The number of hydrogen-bond donors (Lipinski definition) is 2. The lowest BCUT2D eigenvalue weighted by molar-refractivity contribution is -0.165. The number of esters is 1. The largest absolute Gasteiger partial charge is 0.493 e. The van der Waals surface area contributed by atoms with Crippen LogP contribution in [0.4, 0.5) is 24.5 Å². The Bertz CT molecular complexity index is 1060. The van der Waals surface area contributed by atoms with Gasteiger partial charge in [0.25, 0.3) is 11.7 Å². The first-order valence-electron chi connectivity index (χ1n) is 9.51. The second-order valence-electron chi connectivity index (χ2n) is 6.42. The first-order valence-corrected chi connectivity index (χ1v) is 9.51. The molecule has 0 spiro atoms. The van der Waals surface area contributed by atoms with Crippen LogP contribution < -0.4 is 24.8 Å². The number of alkyl halides is 3. The van der Waals surface area contributed by atoms with E-state index in [1.54, 1.807) is 0 Å². The van der Waals surface area contributed by atoms with E-state index in [1.165, 1.54) is 57.7 Å². The van der Waals surface area contributed by atoms with Crippen LogP contribution in [-0.4, -0.2) is 51.8 Å². The van der Waals surface area contributed by atoms with Gasteiger partial charge in [-0.1, -0.05) is 12.1 Å². The minimum atomic E-state index is -5.01. The van der Waals surface area contributed by atoms with Crippen LogP contribution in [-0.2, 0) is 14.3 Å². The molecule has 0 heterocycles. The summed E-state index contributed by atoms with van der Waals surface area (Å²) in [5.41, 5.74) is 0.299. The number of allylic oxidation sites excluding steroid dienone is 1. The van der Waals surface area contributed by atoms with E-state index in [9.17, 15) is 27.6 Å². The van der Waals surface area contributed by atoms with Crippen molar-refractivity contribution in [2.24, 2.45) is 0 Å². The van der Waals surface area contributed by atoms with Gasteiger partial charge in [0.05, 0.1) is 32.6 Å². The van der Waals surface area contributed by atoms with E-state index in [0.29, 0.717) is 17.2 Å². The highest BCUT2D eigenvalue weighted by Gasteiger charge is 2.36. The number of anilines is 2. The smallest absolute Gasteiger partial charge is 0.454 e. The Labute approximate surface area is 192 Å². The number of carbonyl (C=O) groups is 3. The van der Waals surface area contributed by atoms with Crippen molar-refractivity contribution >= 4 is 29.0 Å². The Balaban J connectivity index is 2.03. The lowest BCUT2D eigenvalue weighted by Gasteiger charge is -2.14. The molecule has 0 saturated heterocycles. The van der Waals surface area contributed by atoms with Crippen LogP contribution in [0.1, 0.15) is 10.4 Å². The lowest BCUT2D eigenvalue weighted by Crippen LogP contribution is -2.21. The van der Waals surface area contributed by atoms with Gasteiger partial charge < -0.3 is 29.6 Å². The molecule has 0 unspecified atom stereocenters. The van der Waals surface area contributed by atoms with E-state index in [1.807, 2.05) is 0 Å². The van der Waals surface area contributed by atoms with Gasteiger partial charge in [-0.3, -0.25) is 9.59 Å². The molecule has 182 valence electrons. The highest BCUT2D eigenvalue weighted by Crippen LogP contribution is 2.39. The second-order valence-corrected chi connectivity index (χ2v) is 6.42. The van der Waals surface area contributed by atoms with Crippen molar-refractivity contribution in [2.45, 2.75) is 6.18 Å². The maximum atomic E-state index is 12.4. The molecular weight excluding hydrogens is 461 g/mol. The average molecular weight is 482 g/mol. The molecule has 0 saturated carbocycles. The second kappa shape index (κ2) is 11.6. The molecule has 12 heteroatoms. The van der Waals surface area contributed by atoms with Gasteiger partial charge in [0.2, 0.25) is 5.75 Å². The molecule has 0 fully saturated rings. The Morgan fingerprint density at radius 2 is 1.59 bits per heavy atom. The van der Waals surface area contributed by atoms with E-state index >= 15 is 0 Å². The molecule has 0 radical (unpaired) electrons. The SMILES string of the molecule is COc1cc(NC(=O)COC(=O)c2ccccc2NC=CC(=O)C(F)(F)F)cc(OC)c1OC. The number of methoxy groups -OCH3 is 3. The predicted molar refractivity (Wildman–Crippen MR) is 115 cm³/mol. The number of ketones is 1. The predicted octanol–water partition coefficient (Wildman–Crippen LogP) is 3.56. The van der Waals surface area contributed by atoms with Crippen molar-refractivity contribution in [1.82, 2.24) is 0 Å². The van der Waals surface area contributed by atoms with Gasteiger partial charge >= 0.3 is 12.1 Å². The molecule has 0 bridgehead atoms. The third kappa shape index (κ3) is 6.89. The third-order valence-electron chi connectivity index (χ3n) is 4.18. The topological polar surface area (TPSA) is 112 Å². The molecule has 0 aliphatic heterocycles. The van der Waals surface area contributed by atoms with Crippen molar-refractivity contribution in [3.63, 3.8) is 0 Å². The Morgan fingerprint density at radius 1 is 0.971 bits per heavy atom. The maximum absolute atomic E-state index is 12.4. The molecule has 0 aromatic heterocycles. The number of carbonyl (C=O) groups excluding carboxylic acids is 3. The van der Waals surface area contributed by atoms with Gasteiger partial charge in [0.1, 0.15) is 0 Å². The van der Waals surface area contributed by atoms with Gasteiger partial charge in [-0.2, -0.15) is 13.2 Å². The fraction of sp³-hybridized carbons (Fsp3) is 0.227. The fourth-order valence-corrected chi connectivity index (χ4v) is 2.65. The highest BCUT2D eigenvalue weighted by atomic mass is 19.4. The van der Waals surface area contributed by atoms with Gasteiger partial charge in [-0.05, 0) is 12.1 Å². The van der Waals surface area contributed by atoms with E-state index in [4.69, 9.17) is 18.9 Å². The first-order chi connectivity index (χ1) is 16.1. The standard InChI is InChI=1S/C22H21F3N2O7/c1-31-16-10-13(11-17(32-2)20(16)33-3)27-19(29)12-34-21(30)14-6-4-5-7-15(14)26-9-8-18(28)22(23,24)25/h4-11,26H,12H2,1-3H3,(H,27,29). The average Bonchev–Trinajstić information content (AvgIpc) is 2.81. The molecule has 2 rings (SSSR count). The van der Waals surface area contributed by atoms with Crippen molar-refractivity contribution < 1.29 is 46.5 Å². The number of amides is 1. The molecule has 0 atom stereocenters. The van der Waals surface area contributed by atoms with E-state index in [2.05, 4.69) is 10.6 Å². The number of halogens is 3. The minimum absolute atomic E-state index is 0.0628. The summed E-state index contributed by atoms with van der Waals surface area (Å²) in [6.45, 7) is -0.660. The number of rotatable bonds is 10. The van der Waals surface area contributed by atoms with Crippen LogP contribution in [0, 0.1) is 0 Å². The van der Waals surface area contributed by atoms with Crippen LogP contribution in [0.15, 0.2) is 48.7 Å². The number of benzene rings is 2. The van der Waals surface area contributed by atoms with Gasteiger partial charge in [-0.15, -0.1) is 0 Å². The number of para-hydroxylation sites is 1. The van der Waals surface area contributed by atoms with Crippen molar-refractivity contribution in [2.75, 3.05) is 38.6 Å². The van der Waals surface area contributed by atoms with Crippen LogP contribution >= 0.6 is 0 Å². The van der Waals surface area contributed by atoms with Gasteiger partial charge in [0.15, 0.2) is 18.1 Å². The van der Waals surface area contributed by atoms with Crippen molar-refractivity contribution in [3.05, 3.63) is 54.2 Å². The normalized spacial score (nSPS) is 11.0. The molecule has 0 aliphatic carbocycles. The van der Waals surface area contributed by atoms with Gasteiger partial charge in [-0.25, -0.2) is 4.79 Å². The summed E-state index contributed by atoms with van der Waals surface area (Å²) in [6, 6.07) is 8.68. The zero-order valence-corrected chi connectivity index (χ0v) is 18.3. The fourth-order valence-electron chi connectivity index (χ4n) is 2.65. The van der Waals surface area contributed by atoms with Crippen molar-refractivity contribution in [3.8, 4) is 17.2 Å². The van der Waals surface area contributed by atoms with Gasteiger partial charge in [0, 0.05) is 30.1 Å². The summed E-state index contributed by atoms with van der Waals surface area (Å²) in [5, 5.41) is 4.94. The first kappa shape index (κ1) is 26.0. The van der Waals surface area contributed by atoms with Crippen molar-refractivity contribution in [1.29, 1.82) is 0 Å². The monoisotopic (exact) mass is 482 g/mol. The van der Waals surface area contributed by atoms with E-state index < -0.39 is 30.4 Å². The Kier molecular flexibility index (Phi) is 8.87. The van der Waals surface area contributed by atoms with Crippen LogP contribution in [0.5, 0.6) is 17.2 Å². The molecular formula is C22H21F3N2O7.